The summed E-state index contributed by atoms with van der Waals surface area (Å²) in [5, 5.41) is 9.79. The van der Waals surface area contributed by atoms with Crippen molar-refractivity contribution in [3.63, 3.8) is 0 Å². The molecule has 0 bridgehead atoms. The van der Waals surface area contributed by atoms with E-state index in [-0.39, 0.29) is 17.4 Å². The fourth-order valence-electron chi connectivity index (χ4n) is 3.43. The third-order valence-corrected chi connectivity index (χ3v) is 5.17. The van der Waals surface area contributed by atoms with E-state index < -0.39 is 0 Å². The quantitative estimate of drug-likeness (QED) is 0.842. The summed E-state index contributed by atoms with van der Waals surface area (Å²) in [5.74, 6) is -0.139. The molecule has 0 atom stereocenters. The average molecular weight is 366 g/mol. The topological polar surface area (TPSA) is 60.9 Å². The minimum atomic E-state index is -0.179. The van der Waals surface area contributed by atoms with E-state index in [1.165, 1.54) is 13.0 Å². The summed E-state index contributed by atoms with van der Waals surface area (Å²) in [6, 6.07) is 12.9. The van der Waals surface area contributed by atoms with Gasteiger partial charge in [-0.25, -0.2) is 0 Å². The van der Waals surface area contributed by atoms with E-state index in [4.69, 9.17) is 0 Å². The number of hydrogen-bond donors (Lipinski definition) is 1. The Kier molecular flexibility index (Phi) is 5.61. The molecule has 1 N–H and O–H groups in total. The molecule has 5 heteroatoms. The zero-order valence-corrected chi connectivity index (χ0v) is 16.1. The largest absolute Gasteiger partial charge is 0.507 e. The molecule has 0 spiro atoms. The molecule has 0 aliphatic carbocycles. The highest BCUT2D eigenvalue weighted by Crippen LogP contribution is 2.27. The molecular formula is C22H26N2O3. The van der Waals surface area contributed by atoms with Crippen molar-refractivity contribution in [3.05, 3.63) is 53.6 Å². The van der Waals surface area contributed by atoms with Gasteiger partial charge in [-0.2, -0.15) is 0 Å². The summed E-state index contributed by atoms with van der Waals surface area (Å²) in [5.41, 5.74) is 2.71. The van der Waals surface area contributed by atoms with Crippen LogP contribution in [0.4, 0.5) is 0 Å². The van der Waals surface area contributed by atoms with Crippen molar-refractivity contribution in [1.29, 1.82) is 0 Å². The second-order valence-corrected chi connectivity index (χ2v) is 7.29. The lowest BCUT2D eigenvalue weighted by Gasteiger charge is -2.37. The molecule has 0 aromatic heterocycles. The molecular weight excluding hydrogens is 340 g/mol. The van der Waals surface area contributed by atoms with Crippen LogP contribution in [0.2, 0.25) is 0 Å². The van der Waals surface area contributed by atoms with Gasteiger partial charge in [-0.3, -0.25) is 14.5 Å². The predicted octanol–water partition coefficient (Wildman–Crippen LogP) is 3.43. The normalized spacial score (nSPS) is 15.2. The number of Topliss-reactive ketones (excluding diaryl/α,β-unsaturated/α-hetero) is 1. The number of piperazine rings is 1. The first-order chi connectivity index (χ1) is 12.9. The fraction of sp³-hybridized carbons (Fsp3) is 0.364. The summed E-state index contributed by atoms with van der Waals surface area (Å²) in [6.07, 6.45) is 0. The van der Waals surface area contributed by atoms with Crippen LogP contribution >= 0.6 is 0 Å². The Bertz CT molecular complexity index is 835. The Morgan fingerprint density at radius 1 is 0.926 bits per heavy atom. The van der Waals surface area contributed by atoms with Crippen LogP contribution in [0, 0.1) is 0 Å². The van der Waals surface area contributed by atoms with E-state index in [2.05, 4.69) is 18.7 Å². The molecule has 2 aromatic rings. The first-order valence-electron chi connectivity index (χ1n) is 9.34. The van der Waals surface area contributed by atoms with E-state index in [9.17, 15) is 14.7 Å². The molecule has 0 unspecified atom stereocenters. The standard InChI is InChI=1S/C22H26N2O3/c1-15(2)23-10-12-24(13-11-23)22(27)18-6-4-17(5-7-18)19-8-9-21(26)20(14-19)16(3)25/h4-9,14-15,26H,10-13H2,1-3H3. The number of phenolic OH excluding ortho intramolecular Hbond substituents is 1. The first-order valence-corrected chi connectivity index (χ1v) is 9.34. The van der Waals surface area contributed by atoms with Crippen LogP contribution in [0.5, 0.6) is 5.75 Å². The van der Waals surface area contributed by atoms with Crippen molar-refractivity contribution in [2.75, 3.05) is 26.2 Å². The summed E-state index contributed by atoms with van der Waals surface area (Å²) in [7, 11) is 0. The number of carbonyl (C=O) groups excluding carboxylic acids is 2. The van der Waals surface area contributed by atoms with E-state index in [0.29, 0.717) is 17.2 Å². The fourth-order valence-corrected chi connectivity index (χ4v) is 3.43. The highest BCUT2D eigenvalue weighted by molar-refractivity contribution is 5.98. The zero-order chi connectivity index (χ0) is 19.6. The van der Waals surface area contributed by atoms with Crippen molar-refractivity contribution in [1.82, 2.24) is 9.80 Å². The van der Waals surface area contributed by atoms with Gasteiger partial charge in [-0.1, -0.05) is 18.2 Å². The van der Waals surface area contributed by atoms with Crippen LogP contribution in [0.1, 0.15) is 41.5 Å². The third kappa shape index (κ3) is 4.19. The zero-order valence-electron chi connectivity index (χ0n) is 16.1. The molecule has 1 aliphatic heterocycles. The Morgan fingerprint density at radius 3 is 2.07 bits per heavy atom. The van der Waals surface area contributed by atoms with Gasteiger partial charge in [0.2, 0.25) is 0 Å². The minimum absolute atomic E-state index is 0.0152. The Hall–Kier alpha value is -2.66. The lowest BCUT2D eigenvalue weighted by molar-refractivity contribution is 0.0595. The maximum atomic E-state index is 12.7. The number of amides is 1. The van der Waals surface area contributed by atoms with Crippen LogP contribution in [0.3, 0.4) is 0 Å². The Labute approximate surface area is 160 Å². The maximum Gasteiger partial charge on any atom is 0.253 e. The summed E-state index contributed by atoms with van der Waals surface area (Å²) in [4.78, 5) is 28.6. The van der Waals surface area contributed by atoms with Gasteiger partial charge in [0, 0.05) is 37.8 Å². The smallest absolute Gasteiger partial charge is 0.253 e. The molecule has 2 aromatic carbocycles. The second kappa shape index (κ2) is 7.92. The van der Waals surface area contributed by atoms with Gasteiger partial charge in [-0.05, 0) is 56.2 Å². The number of carbonyl (C=O) groups is 2. The van der Waals surface area contributed by atoms with E-state index in [0.717, 1.165) is 37.3 Å². The molecule has 1 aliphatic rings. The summed E-state index contributed by atoms with van der Waals surface area (Å²) >= 11 is 0. The van der Waals surface area contributed by atoms with Crippen molar-refractivity contribution in [2.24, 2.45) is 0 Å². The SMILES string of the molecule is CC(=O)c1cc(-c2ccc(C(=O)N3CCN(C(C)C)CC3)cc2)ccc1O. The first kappa shape index (κ1) is 19.1. The molecule has 3 rings (SSSR count). The molecule has 1 fully saturated rings. The van der Waals surface area contributed by atoms with Crippen LogP contribution in [-0.4, -0.2) is 58.8 Å². The van der Waals surface area contributed by atoms with Crippen molar-refractivity contribution >= 4 is 11.7 Å². The highest BCUT2D eigenvalue weighted by atomic mass is 16.3. The van der Waals surface area contributed by atoms with Crippen LogP contribution in [0.25, 0.3) is 11.1 Å². The van der Waals surface area contributed by atoms with Crippen molar-refractivity contribution in [2.45, 2.75) is 26.8 Å². The predicted molar refractivity (Wildman–Crippen MR) is 106 cm³/mol. The van der Waals surface area contributed by atoms with Gasteiger partial charge < -0.3 is 10.0 Å². The molecule has 1 amide bonds. The summed E-state index contributed by atoms with van der Waals surface area (Å²) < 4.78 is 0. The summed E-state index contributed by atoms with van der Waals surface area (Å²) in [6.45, 7) is 9.09. The van der Waals surface area contributed by atoms with E-state index in [1.54, 1.807) is 12.1 Å². The van der Waals surface area contributed by atoms with Gasteiger partial charge in [-0.15, -0.1) is 0 Å². The number of phenols is 1. The van der Waals surface area contributed by atoms with Crippen LogP contribution < -0.4 is 0 Å². The molecule has 27 heavy (non-hydrogen) atoms. The average Bonchev–Trinajstić information content (AvgIpc) is 2.68. The number of nitrogens with zero attached hydrogens (tertiary/aromatic N) is 2. The van der Waals surface area contributed by atoms with E-state index in [1.807, 2.05) is 29.2 Å². The molecule has 1 saturated heterocycles. The molecule has 142 valence electrons. The number of rotatable bonds is 4. The lowest BCUT2D eigenvalue weighted by Crippen LogP contribution is -2.50. The van der Waals surface area contributed by atoms with Crippen LogP contribution in [0.15, 0.2) is 42.5 Å². The molecule has 0 radical (unpaired) electrons. The maximum absolute atomic E-state index is 12.7. The molecule has 1 heterocycles. The highest BCUT2D eigenvalue weighted by Gasteiger charge is 2.23. The Balaban J connectivity index is 1.73. The van der Waals surface area contributed by atoms with Gasteiger partial charge >= 0.3 is 0 Å². The number of ketones is 1. The lowest BCUT2D eigenvalue weighted by atomic mass is 9.99. The third-order valence-electron chi connectivity index (χ3n) is 5.17. The van der Waals surface area contributed by atoms with Crippen molar-refractivity contribution < 1.29 is 14.7 Å². The number of hydrogen-bond acceptors (Lipinski definition) is 4. The molecule has 0 saturated carbocycles. The van der Waals surface area contributed by atoms with E-state index >= 15 is 0 Å². The van der Waals surface area contributed by atoms with Gasteiger partial charge in [0.15, 0.2) is 5.78 Å². The van der Waals surface area contributed by atoms with Gasteiger partial charge in [0.05, 0.1) is 5.56 Å². The minimum Gasteiger partial charge on any atom is -0.507 e. The van der Waals surface area contributed by atoms with Gasteiger partial charge in [0.25, 0.3) is 5.91 Å². The Morgan fingerprint density at radius 2 is 1.52 bits per heavy atom. The monoisotopic (exact) mass is 366 g/mol. The second-order valence-electron chi connectivity index (χ2n) is 7.29. The van der Waals surface area contributed by atoms with Gasteiger partial charge in [0.1, 0.15) is 5.75 Å². The van der Waals surface area contributed by atoms with Crippen LogP contribution in [-0.2, 0) is 0 Å². The van der Waals surface area contributed by atoms with Crippen molar-refractivity contribution in [3.8, 4) is 16.9 Å². The number of aromatic hydroxyl groups is 1. The molecule has 5 nitrogen and oxygen atoms in total. The number of benzene rings is 2.